The Morgan fingerprint density at radius 2 is 1.79 bits per heavy atom. The van der Waals surface area contributed by atoms with Gasteiger partial charge in [0.2, 0.25) is 0 Å². The first-order valence-corrected chi connectivity index (χ1v) is 8.29. The van der Waals surface area contributed by atoms with E-state index in [0.29, 0.717) is 5.76 Å². The Morgan fingerprint density at radius 1 is 1.04 bits per heavy atom. The summed E-state index contributed by atoms with van der Waals surface area (Å²) in [5, 5.41) is 0.970. The minimum Gasteiger partial charge on any atom is -0.492 e. The van der Waals surface area contributed by atoms with Gasteiger partial charge in [-0.05, 0) is 42.2 Å². The zero-order valence-corrected chi connectivity index (χ0v) is 14.0. The molecule has 0 spiro atoms. The number of benzene rings is 2. The summed E-state index contributed by atoms with van der Waals surface area (Å²) < 4.78 is 11.3. The second kappa shape index (κ2) is 5.52. The van der Waals surface area contributed by atoms with Crippen molar-refractivity contribution >= 4 is 17.3 Å². The third-order valence-corrected chi connectivity index (χ3v) is 4.78. The fourth-order valence-corrected chi connectivity index (χ4v) is 3.32. The van der Waals surface area contributed by atoms with Crippen LogP contribution in [0.25, 0.3) is 11.0 Å². The number of hydrogen-bond donors (Lipinski definition) is 0. The van der Waals surface area contributed by atoms with Crippen molar-refractivity contribution in [2.45, 2.75) is 32.1 Å². The number of carbonyl (C=O) groups is 1. The summed E-state index contributed by atoms with van der Waals surface area (Å²) in [6.45, 7) is 5.19. The molecule has 122 valence electrons. The van der Waals surface area contributed by atoms with Crippen molar-refractivity contribution in [3.8, 4) is 5.75 Å². The van der Waals surface area contributed by atoms with Gasteiger partial charge in [-0.1, -0.05) is 38.1 Å². The predicted octanol–water partition coefficient (Wildman–Crippen LogP) is 4.70. The van der Waals surface area contributed by atoms with Crippen molar-refractivity contribution in [3.05, 3.63) is 64.9 Å². The van der Waals surface area contributed by atoms with Gasteiger partial charge in [-0.2, -0.15) is 0 Å². The van der Waals surface area contributed by atoms with Crippen LogP contribution >= 0.6 is 0 Å². The Hall–Kier alpha value is -2.55. The second-order valence-corrected chi connectivity index (χ2v) is 7.14. The third-order valence-electron chi connectivity index (χ3n) is 4.78. The van der Waals surface area contributed by atoms with Gasteiger partial charge in [-0.3, -0.25) is 4.79 Å². The van der Waals surface area contributed by atoms with Crippen LogP contribution in [-0.4, -0.2) is 12.9 Å². The molecule has 24 heavy (non-hydrogen) atoms. The first-order chi connectivity index (χ1) is 11.5. The van der Waals surface area contributed by atoms with E-state index in [0.717, 1.165) is 42.5 Å². The fourth-order valence-electron chi connectivity index (χ4n) is 3.32. The number of furan rings is 1. The maximum atomic E-state index is 10.8. The highest BCUT2D eigenvalue weighted by Crippen LogP contribution is 2.38. The zero-order chi connectivity index (χ0) is 16.7. The van der Waals surface area contributed by atoms with Crippen LogP contribution in [0.4, 0.5) is 0 Å². The first kappa shape index (κ1) is 15.0. The molecule has 0 saturated carbocycles. The summed E-state index contributed by atoms with van der Waals surface area (Å²) in [6, 6.07) is 14.4. The Balaban J connectivity index is 1.54. The van der Waals surface area contributed by atoms with E-state index in [9.17, 15) is 4.79 Å². The molecular formula is C21H20O3. The molecule has 0 aliphatic carbocycles. The Kier molecular flexibility index (Phi) is 3.45. The van der Waals surface area contributed by atoms with Crippen LogP contribution < -0.4 is 4.74 Å². The highest BCUT2D eigenvalue weighted by molar-refractivity contribution is 5.85. The molecule has 0 radical (unpaired) electrons. The lowest BCUT2D eigenvalue weighted by molar-refractivity contribution is 0.110. The summed E-state index contributed by atoms with van der Waals surface area (Å²) in [4.78, 5) is 10.8. The Morgan fingerprint density at radius 3 is 2.58 bits per heavy atom. The zero-order valence-electron chi connectivity index (χ0n) is 14.0. The molecule has 1 aromatic heterocycles. The van der Waals surface area contributed by atoms with Crippen molar-refractivity contribution in [1.82, 2.24) is 0 Å². The predicted molar refractivity (Wildman–Crippen MR) is 94.0 cm³/mol. The number of aryl methyl sites for hydroxylation is 2. The lowest BCUT2D eigenvalue weighted by Gasteiger charge is -2.15. The average Bonchev–Trinajstić information content (AvgIpc) is 3.13. The summed E-state index contributed by atoms with van der Waals surface area (Å²) in [5.74, 6) is 1.39. The molecule has 3 aromatic rings. The van der Waals surface area contributed by atoms with Crippen LogP contribution in [0.3, 0.4) is 0 Å². The standard InChI is InChI=1S/C21H20O3/c1-21(2)13-23-19-8-6-14(9-18(19)21)3-4-15-5-7-16-11-17(12-22)24-20(16)10-15/h5-12H,3-4,13H2,1-2H3. The first-order valence-electron chi connectivity index (χ1n) is 8.29. The summed E-state index contributed by atoms with van der Waals surface area (Å²) in [7, 11) is 0. The van der Waals surface area contributed by atoms with E-state index in [1.54, 1.807) is 6.07 Å². The van der Waals surface area contributed by atoms with Crippen molar-refractivity contribution in [3.63, 3.8) is 0 Å². The lowest BCUT2D eigenvalue weighted by atomic mass is 9.85. The second-order valence-electron chi connectivity index (χ2n) is 7.14. The monoisotopic (exact) mass is 320 g/mol. The Bertz CT molecular complexity index is 918. The van der Waals surface area contributed by atoms with Crippen LogP contribution in [0.5, 0.6) is 5.75 Å². The van der Waals surface area contributed by atoms with Crippen LogP contribution in [0.2, 0.25) is 0 Å². The van der Waals surface area contributed by atoms with E-state index in [2.05, 4.69) is 38.1 Å². The number of carbonyl (C=O) groups excluding carboxylic acids is 1. The number of fused-ring (bicyclic) bond motifs is 2. The Labute approximate surface area is 141 Å². The van der Waals surface area contributed by atoms with Crippen LogP contribution in [-0.2, 0) is 18.3 Å². The van der Waals surface area contributed by atoms with Crippen LogP contribution in [0.15, 0.2) is 46.9 Å². The van der Waals surface area contributed by atoms with Gasteiger partial charge in [-0.15, -0.1) is 0 Å². The number of rotatable bonds is 4. The summed E-state index contributed by atoms with van der Waals surface area (Å²) in [5.41, 5.74) is 4.70. The smallest absolute Gasteiger partial charge is 0.185 e. The maximum absolute atomic E-state index is 10.8. The number of ether oxygens (including phenoxy) is 1. The minimum atomic E-state index is 0.0870. The minimum absolute atomic E-state index is 0.0870. The lowest BCUT2D eigenvalue weighted by Crippen LogP contribution is -2.18. The van der Waals surface area contributed by atoms with E-state index in [4.69, 9.17) is 9.15 Å². The van der Waals surface area contributed by atoms with Gasteiger partial charge in [0, 0.05) is 16.4 Å². The van der Waals surface area contributed by atoms with Crippen molar-refractivity contribution < 1.29 is 13.9 Å². The van der Waals surface area contributed by atoms with E-state index in [1.807, 2.05) is 12.1 Å². The normalized spacial score (nSPS) is 15.2. The molecule has 0 fully saturated rings. The molecule has 2 aromatic carbocycles. The van der Waals surface area contributed by atoms with Crippen LogP contribution in [0, 0.1) is 0 Å². The molecule has 0 bridgehead atoms. The van der Waals surface area contributed by atoms with E-state index in [-0.39, 0.29) is 5.41 Å². The third kappa shape index (κ3) is 2.60. The highest BCUT2D eigenvalue weighted by atomic mass is 16.5. The quantitative estimate of drug-likeness (QED) is 0.654. The van der Waals surface area contributed by atoms with Crippen molar-refractivity contribution in [2.24, 2.45) is 0 Å². The van der Waals surface area contributed by atoms with Gasteiger partial charge in [0.15, 0.2) is 12.0 Å². The molecule has 0 unspecified atom stereocenters. The molecule has 0 saturated heterocycles. The SMILES string of the molecule is CC1(C)COc2ccc(CCc3ccc4cc(C=O)oc4c3)cc21. The van der Waals surface area contributed by atoms with Gasteiger partial charge in [0.05, 0.1) is 6.61 Å². The maximum Gasteiger partial charge on any atom is 0.185 e. The number of aldehydes is 1. The van der Waals surface area contributed by atoms with Gasteiger partial charge < -0.3 is 9.15 Å². The molecule has 0 amide bonds. The van der Waals surface area contributed by atoms with Gasteiger partial charge in [-0.25, -0.2) is 0 Å². The van der Waals surface area contributed by atoms with Gasteiger partial charge in [0.1, 0.15) is 11.3 Å². The molecule has 2 heterocycles. The molecule has 4 rings (SSSR count). The van der Waals surface area contributed by atoms with Gasteiger partial charge >= 0.3 is 0 Å². The van der Waals surface area contributed by atoms with E-state index in [1.165, 1.54) is 16.7 Å². The average molecular weight is 320 g/mol. The van der Waals surface area contributed by atoms with Crippen molar-refractivity contribution in [1.29, 1.82) is 0 Å². The molecule has 1 aliphatic rings. The topological polar surface area (TPSA) is 39.4 Å². The number of hydrogen-bond acceptors (Lipinski definition) is 3. The highest BCUT2D eigenvalue weighted by Gasteiger charge is 2.31. The van der Waals surface area contributed by atoms with Crippen molar-refractivity contribution in [2.75, 3.05) is 6.61 Å². The van der Waals surface area contributed by atoms with Gasteiger partial charge in [0.25, 0.3) is 0 Å². The summed E-state index contributed by atoms with van der Waals surface area (Å²) in [6.07, 6.45) is 2.65. The van der Waals surface area contributed by atoms with Crippen LogP contribution in [0.1, 0.15) is 41.1 Å². The van der Waals surface area contributed by atoms with E-state index >= 15 is 0 Å². The van der Waals surface area contributed by atoms with E-state index < -0.39 is 0 Å². The molecule has 0 N–H and O–H groups in total. The molecule has 0 atom stereocenters. The molecular weight excluding hydrogens is 300 g/mol. The summed E-state index contributed by atoms with van der Waals surface area (Å²) >= 11 is 0. The fraction of sp³-hybridized carbons (Fsp3) is 0.286. The molecule has 1 aliphatic heterocycles. The molecule has 3 nitrogen and oxygen atoms in total. The molecule has 3 heteroatoms. The largest absolute Gasteiger partial charge is 0.492 e.